The molecule has 0 saturated heterocycles. The Balaban J connectivity index is 1.59. The molecule has 0 bridgehead atoms. The molecular formula is C30H29F2N5O6S2. The average Bonchev–Trinajstić information content (AvgIpc) is 3.56. The summed E-state index contributed by atoms with van der Waals surface area (Å²) in [5, 5.41) is 13.2. The Morgan fingerprint density at radius 1 is 0.978 bits per heavy atom. The summed E-state index contributed by atoms with van der Waals surface area (Å²) in [4.78, 5) is 51.4. The number of rotatable bonds is 12. The maximum Gasteiger partial charge on any atom is 0.348 e. The summed E-state index contributed by atoms with van der Waals surface area (Å²) in [6, 6.07) is 10.9. The van der Waals surface area contributed by atoms with Gasteiger partial charge in [-0.1, -0.05) is 23.9 Å². The van der Waals surface area contributed by atoms with E-state index in [0.29, 0.717) is 11.3 Å². The third-order valence-corrected chi connectivity index (χ3v) is 8.52. The molecule has 2 aromatic carbocycles. The van der Waals surface area contributed by atoms with Crippen molar-refractivity contribution in [3.8, 4) is 5.69 Å². The van der Waals surface area contributed by atoms with Gasteiger partial charge >= 0.3 is 11.9 Å². The van der Waals surface area contributed by atoms with E-state index in [9.17, 15) is 28.0 Å². The normalized spacial score (nSPS) is 11.5. The van der Waals surface area contributed by atoms with Gasteiger partial charge < -0.3 is 20.1 Å². The minimum atomic E-state index is -0.822. The van der Waals surface area contributed by atoms with Gasteiger partial charge in [0.25, 0.3) is 5.91 Å². The molecule has 0 aliphatic carbocycles. The molecule has 4 rings (SSSR count). The van der Waals surface area contributed by atoms with Crippen molar-refractivity contribution >= 4 is 51.9 Å². The predicted molar refractivity (Wildman–Crippen MR) is 164 cm³/mol. The molecule has 0 aliphatic heterocycles. The van der Waals surface area contributed by atoms with Crippen LogP contribution in [0.25, 0.3) is 5.69 Å². The number of benzene rings is 2. The summed E-state index contributed by atoms with van der Waals surface area (Å²) in [6.45, 7) is 6.52. The average molecular weight is 658 g/mol. The van der Waals surface area contributed by atoms with E-state index in [1.165, 1.54) is 53.1 Å². The molecule has 0 saturated carbocycles. The number of halogens is 2. The van der Waals surface area contributed by atoms with Gasteiger partial charge in [-0.15, -0.1) is 21.5 Å². The highest BCUT2D eigenvalue weighted by Gasteiger charge is 2.29. The lowest BCUT2D eigenvalue weighted by molar-refractivity contribution is -0.115. The van der Waals surface area contributed by atoms with Gasteiger partial charge in [-0.25, -0.2) is 18.4 Å². The fourth-order valence-electron chi connectivity index (χ4n) is 4.11. The lowest BCUT2D eigenvalue weighted by Gasteiger charge is -2.14. The second-order valence-corrected chi connectivity index (χ2v) is 11.7. The monoisotopic (exact) mass is 657 g/mol. The summed E-state index contributed by atoms with van der Waals surface area (Å²) >= 11 is 1.91. The maximum absolute atomic E-state index is 14.1. The van der Waals surface area contributed by atoms with Crippen molar-refractivity contribution in [2.75, 3.05) is 18.5 Å². The number of hydrogen-bond acceptors (Lipinski definition) is 10. The quantitative estimate of drug-likeness (QED) is 0.153. The Hall–Kier alpha value is -4.63. The van der Waals surface area contributed by atoms with Crippen LogP contribution in [0.2, 0.25) is 0 Å². The largest absolute Gasteiger partial charge is 0.462 e. The first-order valence-electron chi connectivity index (χ1n) is 13.7. The van der Waals surface area contributed by atoms with Crippen LogP contribution in [-0.2, 0) is 20.8 Å². The van der Waals surface area contributed by atoms with Gasteiger partial charge in [0, 0.05) is 5.69 Å². The summed E-state index contributed by atoms with van der Waals surface area (Å²) < 4.78 is 39.6. The van der Waals surface area contributed by atoms with Crippen molar-refractivity contribution < 1.29 is 37.4 Å². The van der Waals surface area contributed by atoms with Gasteiger partial charge in [0.1, 0.15) is 21.5 Å². The molecule has 15 heteroatoms. The number of carbonyl (C=O) groups is 4. The minimum absolute atomic E-state index is 0.0535. The Kier molecular flexibility index (Phi) is 11.0. The summed E-state index contributed by atoms with van der Waals surface area (Å²) in [7, 11) is 0. The second kappa shape index (κ2) is 14.9. The highest BCUT2D eigenvalue weighted by Crippen LogP contribution is 2.35. The summed E-state index contributed by atoms with van der Waals surface area (Å²) in [5.41, 5.74) is 0.676. The van der Waals surface area contributed by atoms with Gasteiger partial charge in [0.2, 0.25) is 5.91 Å². The lowest BCUT2D eigenvalue weighted by Crippen LogP contribution is -2.26. The van der Waals surface area contributed by atoms with Crippen LogP contribution in [0.1, 0.15) is 62.5 Å². The van der Waals surface area contributed by atoms with E-state index < -0.39 is 40.6 Å². The molecule has 11 nitrogen and oxygen atoms in total. The lowest BCUT2D eigenvalue weighted by atomic mass is 10.1. The van der Waals surface area contributed by atoms with Crippen molar-refractivity contribution in [1.29, 1.82) is 0 Å². The van der Waals surface area contributed by atoms with Crippen LogP contribution in [0.3, 0.4) is 0 Å². The Morgan fingerprint density at radius 2 is 1.64 bits per heavy atom. The van der Waals surface area contributed by atoms with Crippen LogP contribution < -0.4 is 10.6 Å². The van der Waals surface area contributed by atoms with Crippen LogP contribution in [0, 0.1) is 18.6 Å². The fraction of sp³-hybridized carbons (Fsp3) is 0.267. The molecule has 1 atom stereocenters. The first-order chi connectivity index (χ1) is 21.5. The molecule has 0 radical (unpaired) electrons. The molecule has 0 fully saturated rings. The van der Waals surface area contributed by atoms with Crippen molar-refractivity contribution in [2.24, 2.45) is 0 Å². The highest BCUT2D eigenvalue weighted by atomic mass is 32.2. The summed E-state index contributed by atoms with van der Waals surface area (Å²) in [5.74, 6) is -3.45. The Bertz CT molecular complexity index is 1720. The van der Waals surface area contributed by atoms with Crippen LogP contribution >= 0.6 is 23.1 Å². The SMILES string of the molecule is CCOC(=O)c1sc(NC(=O)[C@@H](C)Sc2nnc(CNC(=O)c3ccccc3F)n2-c2ccc(F)cc2)c(C(=O)OCC)c1C. The smallest absolute Gasteiger partial charge is 0.348 e. The third kappa shape index (κ3) is 7.72. The van der Waals surface area contributed by atoms with Gasteiger partial charge in [0.05, 0.1) is 36.1 Å². The van der Waals surface area contributed by atoms with E-state index in [4.69, 9.17) is 9.47 Å². The molecule has 0 unspecified atom stereocenters. The fourth-order valence-corrected chi connectivity index (χ4v) is 6.09. The predicted octanol–water partition coefficient (Wildman–Crippen LogP) is 5.32. The molecule has 2 heterocycles. The standard InChI is InChI=1S/C30H29F2N5O6S2/c1-5-42-28(40)23-16(3)24(29(41)43-6-2)45-27(23)34-25(38)17(4)44-30-36-35-22(37(30)19-13-11-18(31)12-14-19)15-33-26(39)20-9-7-8-10-21(20)32/h7-14,17H,5-6,15H2,1-4H3,(H,33,39)(H,34,38)/t17-/m1/s1. The molecule has 0 aliphatic rings. The van der Waals surface area contributed by atoms with Crippen molar-refractivity contribution in [3.05, 3.63) is 87.6 Å². The number of hydrogen-bond donors (Lipinski definition) is 2. The number of thioether (sulfide) groups is 1. The molecule has 4 aromatic rings. The zero-order valence-electron chi connectivity index (χ0n) is 24.7. The molecular weight excluding hydrogens is 628 g/mol. The highest BCUT2D eigenvalue weighted by molar-refractivity contribution is 8.00. The van der Waals surface area contributed by atoms with Crippen LogP contribution in [-0.4, -0.2) is 57.0 Å². The van der Waals surface area contributed by atoms with E-state index >= 15 is 0 Å². The zero-order valence-corrected chi connectivity index (χ0v) is 26.3. The number of ether oxygens (including phenoxy) is 2. The number of anilines is 1. The molecule has 236 valence electrons. The number of carbonyl (C=O) groups excluding carboxylic acids is 4. The third-order valence-electron chi connectivity index (χ3n) is 6.29. The van der Waals surface area contributed by atoms with Crippen molar-refractivity contribution in [3.63, 3.8) is 0 Å². The van der Waals surface area contributed by atoms with E-state index in [1.54, 1.807) is 27.7 Å². The van der Waals surface area contributed by atoms with Crippen LogP contribution in [0.5, 0.6) is 0 Å². The van der Waals surface area contributed by atoms with E-state index in [-0.39, 0.29) is 51.7 Å². The number of amides is 2. The molecule has 45 heavy (non-hydrogen) atoms. The number of nitrogens with zero attached hydrogens (tertiary/aromatic N) is 3. The second-order valence-electron chi connectivity index (χ2n) is 9.32. The maximum atomic E-state index is 14.1. The molecule has 2 N–H and O–H groups in total. The van der Waals surface area contributed by atoms with Crippen molar-refractivity contribution in [1.82, 2.24) is 20.1 Å². The van der Waals surface area contributed by atoms with Gasteiger partial charge in [0.15, 0.2) is 11.0 Å². The molecule has 2 amide bonds. The van der Waals surface area contributed by atoms with Crippen LogP contribution in [0.4, 0.5) is 13.8 Å². The first kappa shape index (κ1) is 33.3. The molecule has 0 spiro atoms. The summed E-state index contributed by atoms with van der Waals surface area (Å²) in [6.07, 6.45) is 0. The van der Waals surface area contributed by atoms with Gasteiger partial charge in [-0.2, -0.15) is 0 Å². The Labute approximate surface area is 265 Å². The van der Waals surface area contributed by atoms with Crippen LogP contribution in [0.15, 0.2) is 53.7 Å². The first-order valence-corrected chi connectivity index (χ1v) is 15.4. The number of aromatic nitrogens is 3. The van der Waals surface area contributed by atoms with E-state index in [1.807, 2.05) is 0 Å². The van der Waals surface area contributed by atoms with E-state index in [2.05, 4.69) is 20.8 Å². The van der Waals surface area contributed by atoms with Gasteiger partial charge in [-0.3, -0.25) is 14.2 Å². The Morgan fingerprint density at radius 3 is 2.31 bits per heavy atom. The molecule has 2 aromatic heterocycles. The van der Waals surface area contributed by atoms with E-state index in [0.717, 1.165) is 23.1 Å². The minimum Gasteiger partial charge on any atom is -0.462 e. The van der Waals surface area contributed by atoms with Crippen molar-refractivity contribution in [2.45, 2.75) is 44.6 Å². The topological polar surface area (TPSA) is 142 Å². The number of nitrogens with one attached hydrogen (secondary N) is 2. The zero-order chi connectivity index (χ0) is 32.7. The number of thiophene rings is 1. The number of esters is 2. The van der Waals surface area contributed by atoms with Gasteiger partial charge in [-0.05, 0) is 69.7 Å².